The van der Waals surface area contributed by atoms with Gasteiger partial charge in [-0.15, -0.1) is 0 Å². The van der Waals surface area contributed by atoms with Crippen molar-refractivity contribution in [3.05, 3.63) is 59.7 Å². The molecule has 1 spiro atoms. The fourth-order valence-electron chi connectivity index (χ4n) is 6.11. The number of piperidine rings is 1. The third-order valence-electron chi connectivity index (χ3n) is 8.52. The van der Waals surface area contributed by atoms with E-state index in [-0.39, 0.29) is 22.7 Å². The average Bonchev–Trinajstić information content (AvgIpc) is 3.38. The number of carbonyl (C=O) groups excluding carboxylic acids is 1. The molecule has 0 unspecified atom stereocenters. The molecule has 7 heteroatoms. The van der Waals surface area contributed by atoms with E-state index in [2.05, 4.69) is 67.5 Å². The van der Waals surface area contributed by atoms with Gasteiger partial charge in [-0.3, -0.25) is 9.69 Å². The van der Waals surface area contributed by atoms with Gasteiger partial charge in [0.25, 0.3) is 0 Å². The number of aromatic nitrogens is 2. The summed E-state index contributed by atoms with van der Waals surface area (Å²) in [7, 11) is 0. The highest BCUT2D eigenvalue weighted by molar-refractivity contribution is 7.00. The molecule has 0 bridgehead atoms. The van der Waals surface area contributed by atoms with E-state index in [0.717, 1.165) is 76.0 Å². The number of likely N-dealkylation sites (tertiary alicyclic amines) is 1. The molecule has 1 aromatic heterocycles. The minimum Gasteiger partial charge on any atom is -0.381 e. The Morgan fingerprint density at radius 3 is 2.59 bits per heavy atom. The maximum absolute atomic E-state index is 13.2. The van der Waals surface area contributed by atoms with Gasteiger partial charge in [0.15, 0.2) is 0 Å². The molecule has 3 aromatic rings. The SMILES string of the molecule is O=C(NCC1(c2ccccc2)CCOCC1)[C@@H]1CC12CCN(Cc1ccc3nsnc3c1)CC2. The van der Waals surface area contributed by atoms with Crippen LogP contribution in [-0.2, 0) is 21.5 Å². The number of nitrogens with one attached hydrogen (secondary N) is 1. The van der Waals surface area contributed by atoms with Crippen molar-refractivity contribution in [2.24, 2.45) is 11.3 Å². The number of benzene rings is 2. The average molecular weight is 477 g/mol. The molecular formula is C27H32N4O2S. The van der Waals surface area contributed by atoms with Gasteiger partial charge >= 0.3 is 0 Å². The molecule has 3 fully saturated rings. The maximum Gasteiger partial charge on any atom is 0.223 e. The van der Waals surface area contributed by atoms with Crippen LogP contribution in [0.4, 0.5) is 0 Å². The van der Waals surface area contributed by atoms with Crippen molar-refractivity contribution in [1.82, 2.24) is 19.0 Å². The fourth-order valence-corrected chi connectivity index (χ4v) is 6.63. The highest BCUT2D eigenvalue weighted by Gasteiger charge is 2.58. The van der Waals surface area contributed by atoms with Crippen LogP contribution in [-0.4, -0.2) is 52.4 Å². The Balaban J connectivity index is 1.03. The molecule has 178 valence electrons. The van der Waals surface area contributed by atoms with Crippen molar-refractivity contribution in [2.45, 2.75) is 44.1 Å². The van der Waals surface area contributed by atoms with Crippen LogP contribution >= 0.6 is 11.7 Å². The van der Waals surface area contributed by atoms with E-state index in [9.17, 15) is 4.79 Å². The van der Waals surface area contributed by atoms with E-state index in [1.54, 1.807) is 0 Å². The second kappa shape index (κ2) is 9.02. The van der Waals surface area contributed by atoms with Crippen molar-refractivity contribution in [3.63, 3.8) is 0 Å². The first kappa shape index (κ1) is 22.1. The monoisotopic (exact) mass is 476 g/mol. The topological polar surface area (TPSA) is 67.3 Å². The minimum atomic E-state index is -0.00544. The number of hydrogen-bond donors (Lipinski definition) is 1. The Morgan fingerprint density at radius 2 is 1.79 bits per heavy atom. The van der Waals surface area contributed by atoms with Gasteiger partial charge in [0.1, 0.15) is 11.0 Å². The van der Waals surface area contributed by atoms with Crippen LogP contribution < -0.4 is 5.32 Å². The van der Waals surface area contributed by atoms with Crippen molar-refractivity contribution in [2.75, 3.05) is 32.8 Å². The lowest BCUT2D eigenvalue weighted by molar-refractivity contribution is -0.124. The third kappa shape index (κ3) is 4.25. The third-order valence-corrected chi connectivity index (χ3v) is 9.08. The lowest BCUT2D eigenvalue weighted by Gasteiger charge is -2.38. The fraction of sp³-hybridized carbons (Fsp3) is 0.519. The molecule has 1 N–H and O–H groups in total. The molecule has 1 saturated carbocycles. The van der Waals surface area contributed by atoms with Crippen LogP contribution in [0.1, 0.15) is 43.2 Å². The first-order valence-electron chi connectivity index (χ1n) is 12.5. The van der Waals surface area contributed by atoms with Crippen molar-refractivity contribution in [1.29, 1.82) is 0 Å². The predicted molar refractivity (Wildman–Crippen MR) is 134 cm³/mol. The Morgan fingerprint density at radius 1 is 1.03 bits per heavy atom. The van der Waals surface area contributed by atoms with Crippen LogP contribution in [0.5, 0.6) is 0 Å². The molecule has 1 amide bonds. The summed E-state index contributed by atoms with van der Waals surface area (Å²) in [5.41, 5.74) is 4.81. The Labute approximate surface area is 205 Å². The number of carbonyl (C=O) groups is 1. The van der Waals surface area contributed by atoms with E-state index in [0.29, 0.717) is 6.54 Å². The van der Waals surface area contributed by atoms with Gasteiger partial charge in [0.2, 0.25) is 5.91 Å². The van der Waals surface area contributed by atoms with E-state index in [1.807, 2.05) is 0 Å². The van der Waals surface area contributed by atoms with E-state index in [4.69, 9.17) is 4.74 Å². The summed E-state index contributed by atoms with van der Waals surface area (Å²) < 4.78 is 14.3. The molecule has 2 saturated heterocycles. The number of rotatable bonds is 6. The molecule has 2 aliphatic heterocycles. The number of fused-ring (bicyclic) bond motifs is 1. The lowest BCUT2D eigenvalue weighted by Crippen LogP contribution is -2.45. The molecule has 6 rings (SSSR count). The van der Waals surface area contributed by atoms with Crippen molar-refractivity contribution in [3.8, 4) is 0 Å². The second-order valence-corrected chi connectivity index (χ2v) is 11.0. The molecule has 0 radical (unpaired) electrons. The molecular weight excluding hydrogens is 444 g/mol. The Hall–Kier alpha value is -2.35. The molecule has 1 aliphatic carbocycles. The summed E-state index contributed by atoms with van der Waals surface area (Å²) in [6.07, 6.45) is 5.20. The molecule has 2 aromatic carbocycles. The number of hydrogen-bond acceptors (Lipinski definition) is 6. The van der Waals surface area contributed by atoms with Gasteiger partial charge in [-0.05, 0) is 73.9 Å². The molecule has 6 nitrogen and oxygen atoms in total. The molecule has 1 atom stereocenters. The molecule has 3 heterocycles. The highest BCUT2D eigenvalue weighted by atomic mass is 32.1. The number of amides is 1. The van der Waals surface area contributed by atoms with Gasteiger partial charge in [-0.1, -0.05) is 36.4 Å². The standard InChI is InChI=1S/C27H32N4O2S/c32-25(28-19-27(10-14-33-15-11-27)21-4-2-1-3-5-21)22-17-26(22)8-12-31(13-9-26)18-20-6-7-23-24(16-20)30-34-29-23/h1-7,16,22H,8-15,17-19H2,(H,28,32)/t22-/m0/s1. The largest absolute Gasteiger partial charge is 0.381 e. The second-order valence-electron chi connectivity index (χ2n) is 10.5. The highest BCUT2D eigenvalue weighted by Crippen LogP contribution is 2.59. The lowest BCUT2D eigenvalue weighted by atomic mass is 9.74. The summed E-state index contributed by atoms with van der Waals surface area (Å²) in [5.74, 6) is 0.441. The first-order valence-corrected chi connectivity index (χ1v) is 13.2. The summed E-state index contributed by atoms with van der Waals surface area (Å²) in [4.78, 5) is 15.7. The smallest absolute Gasteiger partial charge is 0.223 e. The van der Waals surface area contributed by atoms with Crippen LogP contribution in [0.3, 0.4) is 0 Å². The van der Waals surface area contributed by atoms with Crippen molar-refractivity contribution < 1.29 is 9.53 Å². The summed E-state index contributed by atoms with van der Waals surface area (Å²) in [6, 6.07) is 17.1. The zero-order chi connectivity index (χ0) is 23.0. The van der Waals surface area contributed by atoms with E-state index in [1.165, 1.54) is 22.9 Å². The number of nitrogens with zero attached hydrogens (tertiary/aromatic N) is 3. The summed E-state index contributed by atoms with van der Waals surface area (Å²) in [6.45, 7) is 5.30. The Bertz CT molecular complexity index is 1150. The quantitative estimate of drug-likeness (QED) is 0.579. The summed E-state index contributed by atoms with van der Waals surface area (Å²) in [5, 5.41) is 3.37. The Kier molecular flexibility index (Phi) is 5.87. The van der Waals surface area contributed by atoms with E-state index < -0.39 is 0 Å². The first-order chi connectivity index (χ1) is 16.7. The van der Waals surface area contributed by atoms with Crippen LogP contribution in [0.25, 0.3) is 11.0 Å². The zero-order valence-electron chi connectivity index (χ0n) is 19.5. The predicted octanol–water partition coefficient (Wildman–Crippen LogP) is 4.16. The molecule has 3 aliphatic rings. The number of ether oxygens (including phenoxy) is 1. The van der Waals surface area contributed by atoms with Gasteiger partial charge < -0.3 is 10.1 Å². The van der Waals surface area contributed by atoms with Crippen LogP contribution in [0.2, 0.25) is 0 Å². The summed E-state index contributed by atoms with van der Waals surface area (Å²) >= 11 is 1.27. The molecule has 34 heavy (non-hydrogen) atoms. The van der Waals surface area contributed by atoms with Gasteiger partial charge in [0, 0.05) is 37.6 Å². The van der Waals surface area contributed by atoms with Crippen molar-refractivity contribution >= 4 is 28.7 Å². The van der Waals surface area contributed by atoms with Crippen LogP contribution in [0, 0.1) is 11.3 Å². The van der Waals surface area contributed by atoms with Crippen LogP contribution in [0.15, 0.2) is 48.5 Å². The minimum absolute atomic E-state index is 0.00544. The zero-order valence-corrected chi connectivity index (χ0v) is 20.4. The normalized spacial score (nSPS) is 23.7. The van der Waals surface area contributed by atoms with Gasteiger partial charge in [-0.2, -0.15) is 8.75 Å². The van der Waals surface area contributed by atoms with Gasteiger partial charge in [0.05, 0.1) is 11.7 Å². The van der Waals surface area contributed by atoms with E-state index >= 15 is 0 Å². The maximum atomic E-state index is 13.2. The van der Waals surface area contributed by atoms with Gasteiger partial charge in [-0.25, -0.2) is 0 Å².